The summed E-state index contributed by atoms with van der Waals surface area (Å²) < 4.78 is 1.11. The third kappa shape index (κ3) is 3.92. The van der Waals surface area contributed by atoms with E-state index in [1.165, 1.54) is 16.9 Å². The molecule has 0 fully saturated rings. The van der Waals surface area contributed by atoms with Crippen molar-refractivity contribution in [3.8, 4) is 0 Å². The fourth-order valence-corrected chi connectivity index (χ4v) is 4.24. The van der Waals surface area contributed by atoms with Crippen LogP contribution < -0.4 is 10.6 Å². The molecule has 130 valence electrons. The van der Waals surface area contributed by atoms with Crippen LogP contribution in [-0.2, 0) is 13.1 Å². The predicted molar refractivity (Wildman–Crippen MR) is 109 cm³/mol. The van der Waals surface area contributed by atoms with E-state index >= 15 is 0 Å². The van der Waals surface area contributed by atoms with Gasteiger partial charge in [-0.1, -0.05) is 6.07 Å². The molecular weight excluding hydrogens is 362 g/mol. The number of rotatable bonds is 6. The van der Waals surface area contributed by atoms with Gasteiger partial charge in [0.25, 0.3) is 5.91 Å². The molecule has 3 heterocycles. The highest BCUT2D eigenvalue weighted by Crippen LogP contribution is 2.28. The van der Waals surface area contributed by atoms with Crippen molar-refractivity contribution in [3.63, 3.8) is 0 Å². The largest absolute Gasteiger partial charge is 0.381 e. The molecule has 0 aliphatic carbocycles. The summed E-state index contributed by atoms with van der Waals surface area (Å²) in [6.45, 7) is 1.32. The lowest BCUT2D eigenvalue weighted by molar-refractivity contribution is 0.0955. The van der Waals surface area contributed by atoms with Gasteiger partial charge in [-0.2, -0.15) is 0 Å². The number of benzene rings is 1. The molecule has 3 aromatic heterocycles. The van der Waals surface area contributed by atoms with Gasteiger partial charge in [0.15, 0.2) is 0 Å². The van der Waals surface area contributed by atoms with E-state index < -0.39 is 0 Å². The van der Waals surface area contributed by atoms with Crippen molar-refractivity contribution in [2.45, 2.75) is 13.1 Å². The van der Waals surface area contributed by atoms with Crippen LogP contribution in [0.5, 0.6) is 0 Å². The Morgan fingerprint density at radius 3 is 2.73 bits per heavy atom. The first kappa shape index (κ1) is 16.8. The molecule has 0 aliphatic rings. The Bertz CT molecular complexity index is 1010. The van der Waals surface area contributed by atoms with Crippen LogP contribution in [0.3, 0.4) is 0 Å². The molecule has 1 amide bonds. The number of aromatic nitrogens is 1. The van der Waals surface area contributed by atoms with E-state index in [2.05, 4.69) is 27.8 Å². The molecule has 0 bridgehead atoms. The van der Waals surface area contributed by atoms with E-state index in [-0.39, 0.29) is 5.91 Å². The van der Waals surface area contributed by atoms with Crippen LogP contribution in [0.15, 0.2) is 66.3 Å². The van der Waals surface area contributed by atoms with Crippen LogP contribution in [0, 0.1) is 0 Å². The van der Waals surface area contributed by atoms with Gasteiger partial charge in [0, 0.05) is 34.2 Å². The summed E-state index contributed by atoms with van der Waals surface area (Å²) >= 11 is 3.17. The molecule has 0 spiro atoms. The average molecular weight is 380 g/mol. The summed E-state index contributed by atoms with van der Waals surface area (Å²) in [5.74, 6) is -0.0223. The van der Waals surface area contributed by atoms with Crippen molar-refractivity contribution in [3.05, 3.63) is 81.6 Å². The topological polar surface area (TPSA) is 54.0 Å². The van der Waals surface area contributed by atoms with E-state index in [4.69, 9.17) is 0 Å². The van der Waals surface area contributed by atoms with Gasteiger partial charge in [-0.3, -0.25) is 9.78 Å². The fraction of sp³-hybridized carbons (Fsp3) is 0.100. The molecule has 4 rings (SSSR count). The number of anilines is 1. The number of carbonyl (C=O) groups is 1. The summed E-state index contributed by atoms with van der Waals surface area (Å²) in [7, 11) is 0. The highest BCUT2D eigenvalue weighted by Gasteiger charge is 2.10. The number of nitrogens with one attached hydrogen (secondary N) is 2. The monoisotopic (exact) mass is 379 g/mol. The minimum Gasteiger partial charge on any atom is -0.381 e. The molecule has 0 aliphatic heterocycles. The number of carbonyl (C=O) groups excluding carboxylic acids is 1. The Morgan fingerprint density at radius 1 is 1.04 bits per heavy atom. The van der Waals surface area contributed by atoms with Gasteiger partial charge in [0.05, 0.1) is 11.4 Å². The Hall–Kier alpha value is -2.70. The molecule has 0 saturated carbocycles. The Morgan fingerprint density at radius 2 is 1.92 bits per heavy atom. The van der Waals surface area contributed by atoms with Gasteiger partial charge in [-0.25, -0.2) is 0 Å². The summed E-state index contributed by atoms with van der Waals surface area (Å²) in [5.41, 5.74) is 2.22. The second-order valence-corrected chi connectivity index (χ2v) is 7.95. The summed E-state index contributed by atoms with van der Waals surface area (Å²) in [4.78, 5) is 18.3. The van der Waals surface area contributed by atoms with Crippen LogP contribution in [-0.4, -0.2) is 10.9 Å². The van der Waals surface area contributed by atoms with Gasteiger partial charge in [0.1, 0.15) is 0 Å². The van der Waals surface area contributed by atoms with Crippen molar-refractivity contribution in [1.29, 1.82) is 0 Å². The van der Waals surface area contributed by atoms with E-state index in [9.17, 15) is 4.79 Å². The highest BCUT2D eigenvalue weighted by molar-refractivity contribution is 7.20. The third-order valence-corrected chi connectivity index (χ3v) is 5.98. The number of fused-ring (bicyclic) bond motifs is 1. The minimum absolute atomic E-state index is 0.0223. The second-order valence-electron chi connectivity index (χ2n) is 5.83. The summed E-state index contributed by atoms with van der Waals surface area (Å²) in [6, 6.07) is 16.2. The molecule has 0 atom stereocenters. The lowest BCUT2D eigenvalue weighted by Gasteiger charge is -2.06. The Balaban J connectivity index is 1.44. The van der Waals surface area contributed by atoms with Crippen molar-refractivity contribution < 1.29 is 4.79 Å². The smallest absolute Gasteiger partial charge is 0.261 e. The van der Waals surface area contributed by atoms with Crippen LogP contribution in [0.25, 0.3) is 10.1 Å². The van der Waals surface area contributed by atoms with Crippen molar-refractivity contribution >= 4 is 44.4 Å². The van der Waals surface area contributed by atoms with Gasteiger partial charge in [-0.05, 0) is 58.8 Å². The maximum absolute atomic E-state index is 12.4. The van der Waals surface area contributed by atoms with Gasteiger partial charge >= 0.3 is 0 Å². The third-order valence-electron chi connectivity index (χ3n) is 3.99. The molecule has 2 N–H and O–H groups in total. The molecule has 4 aromatic rings. The zero-order valence-electron chi connectivity index (χ0n) is 13.9. The molecule has 26 heavy (non-hydrogen) atoms. The van der Waals surface area contributed by atoms with Crippen LogP contribution in [0.1, 0.15) is 20.1 Å². The molecule has 6 heteroatoms. The molecule has 0 unspecified atom stereocenters. The van der Waals surface area contributed by atoms with Crippen molar-refractivity contribution in [2.75, 3.05) is 5.32 Å². The van der Waals surface area contributed by atoms with Gasteiger partial charge < -0.3 is 10.6 Å². The zero-order valence-corrected chi connectivity index (χ0v) is 15.6. The number of pyridine rings is 1. The van der Waals surface area contributed by atoms with E-state index in [0.29, 0.717) is 6.54 Å². The first-order valence-electron chi connectivity index (χ1n) is 8.25. The number of nitrogens with zero attached hydrogens (tertiary/aromatic N) is 1. The summed E-state index contributed by atoms with van der Waals surface area (Å²) in [5, 5.41) is 9.49. The molecular formula is C20H17N3OS2. The van der Waals surface area contributed by atoms with Gasteiger partial charge in [0.2, 0.25) is 0 Å². The number of amides is 1. The van der Waals surface area contributed by atoms with Crippen LogP contribution >= 0.6 is 22.7 Å². The number of hydrogen-bond donors (Lipinski definition) is 2. The standard InChI is InChI=1S/C20H17N3OS2/c24-20(23-13-17-2-1-9-25-17)19-11-15-10-16(3-4-18(15)26-19)22-12-14-5-7-21-8-6-14/h1-11,22H,12-13H2,(H,23,24). The predicted octanol–water partition coefficient (Wildman–Crippen LogP) is 4.90. The van der Waals surface area contributed by atoms with Gasteiger partial charge in [-0.15, -0.1) is 22.7 Å². The first-order valence-corrected chi connectivity index (χ1v) is 9.94. The van der Waals surface area contributed by atoms with Crippen LogP contribution in [0.2, 0.25) is 0 Å². The number of hydrogen-bond acceptors (Lipinski definition) is 5. The lowest BCUT2D eigenvalue weighted by atomic mass is 10.2. The summed E-state index contributed by atoms with van der Waals surface area (Å²) in [6.07, 6.45) is 3.58. The fourth-order valence-electron chi connectivity index (χ4n) is 2.64. The van der Waals surface area contributed by atoms with Crippen molar-refractivity contribution in [2.24, 2.45) is 0 Å². The van der Waals surface area contributed by atoms with E-state index in [0.717, 1.165) is 32.1 Å². The normalized spacial score (nSPS) is 10.8. The number of thiophene rings is 2. The maximum Gasteiger partial charge on any atom is 0.261 e. The average Bonchev–Trinajstić information content (AvgIpc) is 3.34. The lowest BCUT2D eigenvalue weighted by Crippen LogP contribution is -2.21. The van der Waals surface area contributed by atoms with Crippen molar-refractivity contribution in [1.82, 2.24) is 10.3 Å². The second kappa shape index (κ2) is 7.68. The molecule has 0 radical (unpaired) electrons. The van der Waals surface area contributed by atoms with E-state index in [1.807, 2.05) is 41.8 Å². The van der Waals surface area contributed by atoms with E-state index in [1.54, 1.807) is 23.7 Å². The molecule has 1 aromatic carbocycles. The highest BCUT2D eigenvalue weighted by atomic mass is 32.1. The Kier molecular flexibility index (Phi) is 4.95. The SMILES string of the molecule is O=C(NCc1cccs1)c1cc2cc(NCc3ccncc3)ccc2s1. The minimum atomic E-state index is -0.0223. The zero-order chi connectivity index (χ0) is 17.8. The molecule has 0 saturated heterocycles. The maximum atomic E-state index is 12.4. The van der Waals surface area contributed by atoms with Crippen LogP contribution in [0.4, 0.5) is 5.69 Å². The quantitative estimate of drug-likeness (QED) is 0.501. The first-order chi connectivity index (χ1) is 12.8. The molecule has 4 nitrogen and oxygen atoms in total. The Labute approximate surface area is 159 Å².